The van der Waals surface area contributed by atoms with Crippen molar-refractivity contribution in [2.24, 2.45) is 5.92 Å². The van der Waals surface area contributed by atoms with E-state index in [1.54, 1.807) is 4.90 Å². The van der Waals surface area contributed by atoms with Gasteiger partial charge in [0.1, 0.15) is 0 Å². The zero-order chi connectivity index (χ0) is 13.3. The highest BCUT2D eigenvalue weighted by molar-refractivity contribution is 4.95. The summed E-state index contributed by atoms with van der Waals surface area (Å²) >= 11 is 0. The molecule has 2 atom stereocenters. The molecule has 1 aliphatic heterocycles. The molecule has 0 aromatic heterocycles. The van der Waals surface area contributed by atoms with Gasteiger partial charge < -0.3 is 5.32 Å². The largest absolute Gasteiger partial charge is 0.401 e. The molecular formula is C12H23F3N2. The normalized spacial score (nSPS) is 32.1. The van der Waals surface area contributed by atoms with Crippen molar-refractivity contribution in [3.05, 3.63) is 0 Å². The Morgan fingerprint density at radius 2 is 2.00 bits per heavy atom. The van der Waals surface area contributed by atoms with E-state index < -0.39 is 12.7 Å². The maximum atomic E-state index is 12.6. The van der Waals surface area contributed by atoms with Crippen LogP contribution in [0.25, 0.3) is 0 Å². The van der Waals surface area contributed by atoms with Crippen molar-refractivity contribution in [1.29, 1.82) is 0 Å². The Labute approximate surface area is 102 Å². The van der Waals surface area contributed by atoms with Gasteiger partial charge in [-0.05, 0) is 19.3 Å². The van der Waals surface area contributed by atoms with Crippen LogP contribution < -0.4 is 5.32 Å². The number of halogens is 3. The molecular weight excluding hydrogens is 229 g/mol. The minimum atomic E-state index is -4.11. The van der Waals surface area contributed by atoms with Crippen LogP contribution in [0.2, 0.25) is 0 Å². The molecule has 1 aliphatic rings. The van der Waals surface area contributed by atoms with Crippen LogP contribution in [0.3, 0.4) is 0 Å². The monoisotopic (exact) mass is 252 g/mol. The molecule has 2 unspecified atom stereocenters. The van der Waals surface area contributed by atoms with E-state index in [-0.39, 0.29) is 17.5 Å². The lowest BCUT2D eigenvalue weighted by Crippen LogP contribution is -2.65. The zero-order valence-electron chi connectivity index (χ0n) is 11.1. The maximum Gasteiger partial charge on any atom is 0.401 e. The third-order valence-corrected chi connectivity index (χ3v) is 3.69. The van der Waals surface area contributed by atoms with Crippen LogP contribution >= 0.6 is 0 Å². The van der Waals surface area contributed by atoms with E-state index in [9.17, 15) is 13.2 Å². The van der Waals surface area contributed by atoms with Gasteiger partial charge in [0.15, 0.2) is 0 Å². The Morgan fingerprint density at radius 1 is 1.41 bits per heavy atom. The summed E-state index contributed by atoms with van der Waals surface area (Å²) in [5.41, 5.74) is -0.198. The second-order valence-electron chi connectivity index (χ2n) is 5.63. The number of hydrogen-bond donors (Lipinski definition) is 1. The van der Waals surface area contributed by atoms with Crippen LogP contribution in [0.1, 0.15) is 34.1 Å². The summed E-state index contributed by atoms with van der Waals surface area (Å²) in [5.74, 6) is 0.228. The van der Waals surface area contributed by atoms with Gasteiger partial charge in [-0.2, -0.15) is 13.2 Å². The maximum absolute atomic E-state index is 12.6. The molecule has 1 N–H and O–H groups in total. The highest BCUT2D eigenvalue weighted by atomic mass is 19.4. The van der Waals surface area contributed by atoms with E-state index in [1.165, 1.54) is 0 Å². The number of hydrogen-bond acceptors (Lipinski definition) is 2. The van der Waals surface area contributed by atoms with E-state index in [4.69, 9.17) is 0 Å². The summed E-state index contributed by atoms with van der Waals surface area (Å²) < 4.78 is 37.7. The second-order valence-corrected chi connectivity index (χ2v) is 5.63. The smallest absolute Gasteiger partial charge is 0.309 e. The van der Waals surface area contributed by atoms with Crippen LogP contribution in [0.5, 0.6) is 0 Å². The molecule has 102 valence electrons. The molecule has 1 heterocycles. The first-order valence-electron chi connectivity index (χ1n) is 6.23. The zero-order valence-corrected chi connectivity index (χ0v) is 11.1. The standard InChI is InChI=1S/C12H23F3N2/c1-5-11(4)7-17(8-12(13,14)15)10(6-16-11)9(2)3/h9-10,16H,5-8H2,1-4H3. The van der Waals surface area contributed by atoms with Crippen molar-refractivity contribution in [3.63, 3.8) is 0 Å². The third kappa shape index (κ3) is 4.14. The van der Waals surface area contributed by atoms with Gasteiger partial charge in [-0.15, -0.1) is 0 Å². The van der Waals surface area contributed by atoms with Crippen molar-refractivity contribution in [2.45, 2.75) is 51.9 Å². The quantitative estimate of drug-likeness (QED) is 0.830. The number of rotatable bonds is 3. The Balaban J connectivity index is 2.76. The molecule has 0 bridgehead atoms. The minimum Gasteiger partial charge on any atom is -0.309 e. The second kappa shape index (κ2) is 5.14. The number of nitrogens with one attached hydrogen (secondary N) is 1. The minimum absolute atomic E-state index is 0.0313. The molecule has 0 aromatic rings. The highest BCUT2D eigenvalue weighted by Gasteiger charge is 2.41. The van der Waals surface area contributed by atoms with Crippen LogP contribution in [0.4, 0.5) is 13.2 Å². The Morgan fingerprint density at radius 3 is 2.41 bits per heavy atom. The first-order chi connectivity index (χ1) is 7.67. The van der Waals surface area contributed by atoms with Crippen molar-refractivity contribution < 1.29 is 13.2 Å². The fraction of sp³-hybridized carbons (Fsp3) is 1.00. The van der Waals surface area contributed by atoms with Crippen molar-refractivity contribution in [1.82, 2.24) is 10.2 Å². The Bertz CT molecular complexity index is 253. The summed E-state index contributed by atoms with van der Waals surface area (Å²) in [5, 5.41) is 3.38. The SMILES string of the molecule is CCC1(C)CN(CC(F)(F)F)C(C(C)C)CN1. The van der Waals surface area contributed by atoms with Crippen LogP contribution in [0, 0.1) is 5.92 Å². The lowest BCUT2D eigenvalue weighted by molar-refractivity contribution is -0.158. The molecule has 0 aliphatic carbocycles. The summed E-state index contributed by atoms with van der Waals surface area (Å²) in [4.78, 5) is 1.59. The first kappa shape index (κ1) is 14.8. The van der Waals surface area contributed by atoms with E-state index in [1.807, 2.05) is 27.7 Å². The predicted molar refractivity (Wildman–Crippen MR) is 63.0 cm³/mol. The van der Waals surface area contributed by atoms with Gasteiger partial charge in [0, 0.05) is 24.7 Å². The molecule has 2 nitrogen and oxygen atoms in total. The number of nitrogens with zero attached hydrogens (tertiary/aromatic N) is 1. The molecule has 0 amide bonds. The summed E-state index contributed by atoms with van der Waals surface area (Å²) in [6.07, 6.45) is -3.27. The summed E-state index contributed by atoms with van der Waals surface area (Å²) in [7, 11) is 0. The number of alkyl halides is 3. The molecule has 0 spiro atoms. The number of piperazine rings is 1. The lowest BCUT2D eigenvalue weighted by Gasteiger charge is -2.47. The van der Waals surface area contributed by atoms with Gasteiger partial charge in [0.2, 0.25) is 0 Å². The topological polar surface area (TPSA) is 15.3 Å². The Kier molecular flexibility index (Phi) is 4.47. The predicted octanol–water partition coefficient (Wildman–Crippen LogP) is 2.65. The molecule has 1 fully saturated rings. The molecule has 0 radical (unpaired) electrons. The molecule has 5 heteroatoms. The molecule has 0 saturated carbocycles. The fourth-order valence-electron chi connectivity index (χ4n) is 2.40. The van der Waals surface area contributed by atoms with Crippen molar-refractivity contribution in [3.8, 4) is 0 Å². The van der Waals surface area contributed by atoms with Crippen LogP contribution in [-0.4, -0.2) is 42.3 Å². The van der Waals surface area contributed by atoms with Crippen LogP contribution in [0.15, 0.2) is 0 Å². The average Bonchev–Trinajstić information content (AvgIpc) is 2.14. The highest BCUT2D eigenvalue weighted by Crippen LogP contribution is 2.26. The van der Waals surface area contributed by atoms with Crippen molar-refractivity contribution >= 4 is 0 Å². The summed E-state index contributed by atoms with van der Waals surface area (Å²) in [6.45, 7) is 8.26. The van der Waals surface area contributed by atoms with E-state index in [0.717, 1.165) is 6.42 Å². The molecule has 17 heavy (non-hydrogen) atoms. The van der Waals surface area contributed by atoms with Gasteiger partial charge in [-0.1, -0.05) is 20.8 Å². The third-order valence-electron chi connectivity index (χ3n) is 3.69. The molecule has 1 rings (SSSR count). The van der Waals surface area contributed by atoms with E-state index in [2.05, 4.69) is 5.32 Å². The van der Waals surface area contributed by atoms with Gasteiger partial charge in [0.05, 0.1) is 6.54 Å². The summed E-state index contributed by atoms with van der Waals surface area (Å²) in [6, 6.07) is -0.0313. The van der Waals surface area contributed by atoms with Gasteiger partial charge in [-0.3, -0.25) is 4.90 Å². The van der Waals surface area contributed by atoms with Gasteiger partial charge in [-0.25, -0.2) is 0 Å². The van der Waals surface area contributed by atoms with Gasteiger partial charge in [0.25, 0.3) is 0 Å². The fourth-order valence-corrected chi connectivity index (χ4v) is 2.40. The molecule has 1 saturated heterocycles. The lowest BCUT2D eigenvalue weighted by atomic mass is 9.90. The van der Waals surface area contributed by atoms with E-state index >= 15 is 0 Å². The first-order valence-corrected chi connectivity index (χ1v) is 6.23. The average molecular weight is 252 g/mol. The van der Waals surface area contributed by atoms with Crippen LogP contribution in [-0.2, 0) is 0 Å². The van der Waals surface area contributed by atoms with E-state index in [0.29, 0.717) is 13.1 Å². The molecule has 0 aromatic carbocycles. The van der Waals surface area contributed by atoms with Crippen molar-refractivity contribution in [2.75, 3.05) is 19.6 Å². The van der Waals surface area contributed by atoms with Gasteiger partial charge >= 0.3 is 6.18 Å². The Hall–Kier alpha value is -0.290.